The zero-order valence-electron chi connectivity index (χ0n) is 11.2. The molecule has 5 heteroatoms. The second-order valence-electron chi connectivity index (χ2n) is 4.13. The molecule has 0 saturated heterocycles. The minimum absolute atomic E-state index is 0.178. The first kappa shape index (κ1) is 13.7. The molecule has 0 bridgehead atoms. The van der Waals surface area contributed by atoms with Crippen LogP contribution in [0.4, 0.5) is 0 Å². The molecule has 0 radical (unpaired) electrons. The Morgan fingerprint density at radius 2 is 1.65 bits per heavy atom. The van der Waals surface area contributed by atoms with Crippen LogP contribution >= 0.6 is 0 Å². The number of ether oxygens (including phenoxy) is 2. The van der Waals surface area contributed by atoms with E-state index in [1.165, 1.54) is 7.11 Å². The summed E-state index contributed by atoms with van der Waals surface area (Å²) < 4.78 is 11.7. The number of esters is 2. The van der Waals surface area contributed by atoms with Crippen molar-refractivity contribution in [1.29, 1.82) is 0 Å². The van der Waals surface area contributed by atoms with Crippen molar-refractivity contribution >= 4 is 11.9 Å². The number of methoxy groups -OCH3 is 1. The molecule has 0 N–H and O–H groups in total. The number of carbonyl (C=O) groups is 2. The van der Waals surface area contributed by atoms with Crippen LogP contribution in [0.15, 0.2) is 48.8 Å². The van der Waals surface area contributed by atoms with Gasteiger partial charge in [-0.2, -0.15) is 0 Å². The SMILES string of the molecule is COC(=O)c1ccccc1OC(=O)c1cc[n+](C)cc1. The third-order valence-electron chi connectivity index (χ3n) is 2.71. The van der Waals surface area contributed by atoms with Gasteiger partial charge in [-0.15, -0.1) is 0 Å². The molecule has 0 aliphatic heterocycles. The second-order valence-corrected chi connectivity index (χ2v) is 4.13. The molecule has 1 heterocycles. The number of pyridine rings is 1. The molecule has 2 rings (SSSR count). The fraction of sp³-hybridized carbons (Fsp3) is 0.133. The largest absolute Gasteiger partial charge is 0.465 e. The van der Waals surface area contributed by atoms with Crippen LogP contribution in [0.3, 0.4) is 0 Å². The van der Waals surface area contributed by atoms with Gasteiger partial charge in [-0.25, -0.2) is 14.2 Å². The number of carbonyl (C=O) groups excluding carboxylic acids is 2. The van der Waals surface area contributed by atoms with E-state index >= 15 is 0 Å². The summed E-state index contributed by atoms with van der Waals surface area (Å²) in [4.78, 5) is 23.6. The molecule has 2 aromatic rings. The van der Waals surface area contributed by atoms with Gasteiger partial charge in [-0.1, -0.05) is 12.1 Å². The highest BCUT2D eigenvalue weighted by molar-refractivity contribution is 5.96. The minimum Gasteiger partial charge on any atom is -0.465 e. The van der Waals surface area contributed by atoms with Gasteiger partial charge in [0.1, 0.15) is 18.4 Å². The van der Waals surface area contributed by atoms with Crippen LogP contribution in [-0.4, -0.2) is 19.0 Å². The van der Waals surface area contributed by atoms with Crippen molar-refractivity contribution in [3.05, 3.63) is 59.9 Å². The first-order chi connectivity index (χ1) is 9.61. The smallest absolute Gasteiger partial charge is 0.344 e. The Bertz CT molecular complexity index is 635. The lowest BCUT2D eigenvalue weighted by Crippen LogP contribution is -2.26. The maximum Gasteiger partial charge on any atom is 0.344 e. The van der Waals surface area contributed by atoms with Crippen LogP contribution in [0, 0.1) is 0 Å². The first-order valence-corrected chi connectivity index (χ1v) is 5.96. The van der Waals surface area contributed by atoms with Crippen LogP contribution in [0.2, 0.25) is 0 Å². The maximum absolute atomic E-state index is 12.0. The Hall–Kier alpha value is -2.69. The van der Waals surface area contributed by atoms with Crippen molar-refractivity contribution in [3.63, 3.8) is 0 Å². The Balaban J connectivity index is 2.24. The molecule has 0 fully saturated rings. The Morgan fingerprint density at radius 1 is 1.00 bits per heavy atom. The fourth-order valence-electron chi connectivity index (χ4n) is 1.63. The summed E-state index contributed by atoms with van der Waals surface area (Å²) >= 11 is 0. The lowest BCUT2D eigenvalue weighted by Gasteiger charge is -2.08. The van der Waals surface area contributed by atoms with Gasteiger partial charge in [-0.05, 0) is 12.1 Å². The number of aromatic nitrogens is 1. The quantitative estimate of drug-likeness (QED) is 0.483. The van der Waals surface area contributed by atoms with E-state index in [0.717, 1.165) is 0 Å². The molecule has 102 valence electrons. The van der Waals surface area contributed by atoms with Crippen molar-refractivity contribution in [3.8, 4) is 5.75 Å². The van der Waals surface area contributed by atoms with E-state index in [1.54, 1.807) is 53.4 Å². The molecule has 20 heavy (non-hydrogen) atoms. The second kappa shape index (κ2) is 5.97. The van der Waals surface area contributed by atoms with Gasteiger partial charge in [0, 0.05) is 12.1 Å². The van der Waals surface area contributed by atoms with Gasteiger partial charge in [0.25, 0.3) is 0 Å². The predicted molar refractivity (Wildman–Crippen MR) is 70.4 cm³/mol. The van der Waals surface area contributed by atoms with Crippen LogP contribution in [0.5, 0.6) is 5.75 Å². The molecule has 0 atom stereocenters. The number of hydrogen-bond donors (Lipinski definition) is 0. The molecule has 0 spiro atoms. The van der Waals surface area contributed by atoms with E-state index < -0.39 is 11.9 Å². The van der Waals surface area contributed by atoms with Gasteiger partial charge < -0.3 is 9.47 Å². The summed E-state index contributed by atoms with van der Waals surface area (Å²) in [6.45, 7) is 0. The standard InChI is InChI=1S/C15H14NO4/c1-16-9-7-11(8-10-16)14(17)20-13-6-4-3-5-12(13)15(18)19-2/h3-10H,1-2H3/q+1. The number of hydrogen-bond acceptors (Lipinski definition) is 4. The van der Waals surface area contributed by atoms with Gasteiger partial charge in [-0.3, -0.25) is 0 Å². The van der Waals surface area contributed by atoms with Gasteiger partial charge in [0.05, 0.1) is 12.7 Å². The Labute approximate surface area is 116 Å². The molecular weight excluding hydrogens is 258 g/mol. The van der Waals surface area contributed by atoms with Crippen molar-refractivity contribution in [2.45, 2.75) is 0 Å². The number of rotatable bonds is 3. The summed E-state index contributed by atoms with van der Waals surface area (Å²) in [5.74, 6) is -0.896. The minimum atomic E-state index is -0.548. The maximum atomic E-state index is 12.0. The summed E-state index contributed by atoms with van der Waals surface area (Å²) in [6.07, 6.45) is 3.48. The summed E-state index contributed by atoms with van der Waals surface area (Å²) in [5, 5.41) is 0. The number of benzene rings is 1. The third-order valence-corrected chi connectivity index (χ3v) is 2.71. The van der Waals surface area contributed by atoms with Crippen molar-refractivity contribution in [1.82, 2.24) is 0 Å². The van der Waals surface area contributed by atoms with Crippen molar-refractivity contribution in [2.24, 2.45) is 7.05 Å². The summed E-state index contributed by atoms with van der Waals surface area (Å²) in [7, 11) is 3.12. The number of aryl methyl sites for hydroxylation is 1. The van der Waals surface area contributed by atoms with Gasteiger partial charge in [0.15, 0.2) is 12.4 Å². The average molecular weight is 272 g/mol. The molecule has 0 amide bonds. The predicted octanol–water partition coefficient (Wildman–Crippen LogP) is 1.52. The highest BCUT2D eigenvalue weighted by Crippen LogP contribution is 2.20. The molecule has 5 nitrogen and oxygen atoms in total. The summed E-state index contributed by atoms with van der Waals surface area (Å²) in [6, 6.07) is 9.73. The molecular formula is C15H14NO4+. The molecule has 0 saturated carbocycles. The van der Waals surface area contributed by atoms with Crippen molar-refractivity contribution < 1.29 is 23.6 Å². The highest BCUT2D eigenvalue weighted by Gasteiger charge is 2.16. The van der Waals surface area contributed by atoms with E-state index in [9.17, 15) is 9.59 Å². The molecule has 0 unspecified atom stereocenters. The first-order valence-electron chi connectivity index (χ1n) is 5.96. The van der Waals surface area contributed by atoms with E-state index in [2.05, 4.69) is 4.74 Å². The van der Waals surface area contributed by atoms with Crippen LogP contribution in [-0.2, 0) is 11.8 Å². The lowest BCUT2D eigenvalue weighted by molar-refractivity contribution is -0.671. The number of nitrogens with zero attached hydrogens (tertiary/aromatic N) is 1. The molecule has 0 aliphatic carbocycles. The molecule has 1 aromatic carbocycles. The lowest BCUT2D eigenvalue weighted by atomic mass is 10.2. The van der Waals surface area contributed by atoms with Gasteiger partial charge in [0.2, 0.25) is 0 Å². The molecule has 1 aromatic heterocycles. The normalized spacial score (nSPS) is 9.90. The van der Waals surface area contributed by atoms with E-state index in [1.807, 2.05) is 7.05 Å². The Kier molecular flexibility index (Phi) is 4.10. The topological polar surface area (TPSA) is 56.5 Å². The van der Waals surface area contributed by atoms with Crippen LogP contribution in [0.1, 0.15) is 20.7 Å². The van der Waals surface area contributed by atoms with E-state index in [-0.39, 0.29) is 11.3 Å². The monoisotopic (exact) mass is 272 g/mol. The Morgan fingerprint density at radius 3 is 2.30 bits per heavy atom. The fourth-order valence-corrected chi connectivity index (χ4v) is 1.63. The van der Waals surface area contributed by atoms with Crippen molar-refractivity contribution in [2.75, 3.05) is 7.11 Å². The zero-order valence-corrected chi connectivity index (χ0v) is 11.2. The highest BCUT2D eigenvalue weighted by atomic mass is 16.5. The number of para-hydroxylation sites is 1. The zero-order chi connectivity index (χ0) is 14.5. The van der Waals surface area contributed by atoms with E-state index in [4.69, 9.17) is 4.74 Å². The van der Waals surface area contributed by atoms with Crippen LogP contribution < -0.4 is 9.30 Å². The summed E-state index contributed by atoms with van der Waals surface area (Å²) in [5.41, 5.74) is 0.618. The average Bonchev–Trinajstić information content (AvgIpc) is 2.47. The van der Waals surface area contributed by atoms with Gasteiger partial charge >= 0.3 is 11.9 Å². The van der Waals surface area contributed by atoms with E-state index in [0.29, 0.717) is 5.56 Å². The molecule has 0 aliphatic rings. The third kappa shape index (κ3) is 3.00. The van der Waals surface area contributed by atoms with Crippen LogP contribution in [0.25, 0.3) is 0 Å².